The first-order valence-corrected chi connectivity index (χ1v) is 7.31. The molecule has 0 aliphatic heterocycles. The highest BCUT2D eigenvalue weighted by Gasteiger charge is 2.17. The van der Waals surface area contributed by atoms with E-state index in [0.717, 1.165) is 5.56 Å². The molecule has 1 atom stereocenters. The lowest BCUT2D eigenvalue weighted by atomic mass is 10.0. The van der Waals surface area contributed by atoms with Crippen LogP contribution in [-0.2, 0) is 4.79 Å². The number of hydrogen-bond donors (Lipinski definition) is 4. The fourth-order valence-electron chi connectivity index (χ4n) is 2.13. The second kappa shape index (κ2) is 8.33. The van der Waals surface area contributed by atoms with E-state index >= 15 is 0 Å². The highest BCUT2D eigenvalue weighted by Crippen LogP contribution is 2.16. The van der Waals surface area contributed by atoms with Gasteiger partial charge in [0.15, 0.2) is 0 Å². The highest BCUT2D eigenvalue weighted by atomic mass is 16.2. The minimum absolute atomic E-state index is 0.0674. The molecule has 0 spiro atoms. The van der Waals surface area contributed by atoms with Gasteiger partial charge >= 0.3 is 6.03 Å². The summed E-state index contributed by atoms with van der Waals surface area (Å²) in [5, 5.41) is 2.51. The lowest BCUT2D eigenvalue weighted by Crippen LogP contribution is -2.44. The Kier molecular flexibility index (Phi) is 5.90. The number of carbonyl (C=O) groups excluding carboxylic acids is 3. The number of hydrogen-bond acceptors (Lipinski definition) is 3. The van der Waals surface area contributed by atoms with E-state index < -0.39 is 23.9 Å². The average molecular weight is 326 g/mol. The minimum atomic E-state index is -0.732. The summed E-state index contributed by atoms with van der Waals surface area (Å²) in [6.45, 7) is 0. The molecule has 2 rings (SSSR count). The monoisotopic (exact) mass is 326 g/mol. The number of primary amides is 1. The molecule has 0 heterocycles. The molecule has 0 radical (unpaired) electrons. The SMILES string of the molecule is NC(=O)N[C@H](CC(=O)NNC(=O)c1ccccc1)c1ccccc1. The fourth-order valence-corrected chi connectivity index (χ4v) is 2.13. The number of hydrazine groups is 1. The predicted octanol–water partition coefficient (Wildman–Crippen LogP) is 1.25. The first-order chi connectivity index (χ1) is 11.6. The second-order valence-electron chi connectivity index (χ2n) is 5.04. The van der Waals surface area contributed by atoms with Crippen LogP contribution in [0.4, 0.5) is 4.79 Å². The van der Waals surface area contributed by atoms with Crippen LogP contribution >= 0.6 is 0 Å². The first kappa shape index (κ1) is 17.0. The number of urea groups is 1. The smallest absolute Gasteiger partial charge is 0.312 e. The molecule has 124 valence electrons. The molecule has 0 bridgehead atoms. The Balaban J connectivity index is 1.93. The zero-order valence-electron chi connectivity index (χ0n) is 12.9. The van der Waals surface area contributed by atoms with E-state index in [1.807, 2.05) is 6.07 Å². The summed E-state index contributed by atoms with van der Waals surface area (Å²) in [4.78, 5) is 35.0. The van der Waals surface area contributed by atoms with Gasteiger partial charge in [0, 0.05) is 5.56 Å². The molecular weight excluding hydrogens is 308 g/mol. The summed E-state index contributed by atoms with van der Waals surface area (Å²) in [6.07, 6.45) is -0.0674. The number of carbonyl (C=O) groups is 3. The molecule has 0 aliphatic rings. The van der Waals surface area contributed by atoms with Gasteiger partial charge in [0.2, 0.25) is 5.91 Å². The van der Waals surface area contributed by atoms with Crippen LogP contribution in [0.1, 0.15) is 28.4 Å². The van der Waals surface area contributed by atoms with Crippen molar-refractivity contribution in [2.24, 2.45) is 5.73 Å². The lowest BCUT2D eigenvalue weighted by molar-refractivity contribution is -0.122. The molecule has 0 aliphatic carbocycles. The van der Waals surface area contributed by atoms with Gasteiger partial charge in [-0.1, -0.05) is 48.5 Å². The van der Waals surface area contributed by atoms with Crippen LogP contribution in [0.25, 0.3) is 0 Å². The molecule has 7 nitrogen and oxygen atoms in total. The van der Waals surface area contributed by atoms with Crippen molar-refractivity contribution in [2.45, 2.75) is 12.5 Å². The molecular formula is C17H18N4O3. The minimum Gasteiger partial charge on any atom is -0.352 e. The van der Waals surface area contributed by atoms with E-state index in [9.17, 15) is 14.4 Å². The molecule has 0 fully saturated rings. The van der Waals surface area contributed by atoms with E-state index in [1.54, 1.807) is 54.6 Å². The Labute approximate surface area is 139 Å². The van der Waals surface area contributed by atoms with Crippen molar-refractivity contribution in [3.8, 4) is 0 Å². The number of nitrogens with two attached hydrogens (primary N) is 1. The number of nitrogens with one attached hydrogen (secondary N) is 3. The van der Waals surface area contributed by atoms with Crippen molar-refractivity contribution in [1.82, 2.24) is 16.2 Å². The maximum Gasteiger partial charge on any atom is 0.312 e. The van der Waals surface area contributed by atoms with Crippen LogP contribution in [0.2, 0.25) is 0 Å². The van der Waals surface area contributed by atoms with Gasteiger partial charge in [0.05, 0.1) is 12.5 Å². The summed E-state index contributed by atoms with van der Waals surface area (Å²) in [7, 11) is 0. The van der Waals surface area contributed by atoms with Gasteiger partial charge in [-0.3, -0.25) is 20.4 Å². The van der Waals surface area contributed by atoms with E-state index in [2.05, 4.69) is 16.2 Å². The topological polar surface area (TPSA) is 113 Å². The summed E-state index contributed by atoms with van der Waals surface area (Å²) in [5.74, 6) is -0.884. The first-order valence-electron chi connectivity index (χ1n) is 7.31. The number of benzene rings is 2. The average Bonchev–Trinajstić information content (AvgIpc) is 2.60. The highest BCUT2D eigenvalue weighted by molar-refractivity contribution is 5.95. The van der Waals surface area contributed by atoms with Gasteiger partial charge in [-0.25, -0.2) is 4.79 Å². The summed E-state index contributed by atoms with van der Waals surface area (Å²) in [6, 6.07) is 16.1. The molecule has 2 aromatic rings. The van der Waals surface area contributed by atoms with Gasteiger partial charge in [-0.2, -0.15) is 0 Å². The quantitative estimate of drug-likeness (QED) is 0.620. The van der Waals surface area contributed by atoms with E-state index in [-0.39, 0.29) is 6.42 Å². The van der Waals surface area contributed by atoms with Gasteiger partial charge < -0.3 is 11.1 Å². The normalized spacial score (nSPS) is 11.2. The molecule has 0 aromatic heterocycles. The van der Waals surface area contributed by atoms with Gasteiger partial charge in [0.25, 0.3) is 5.91 Å². The summed E-state index contributed by atoms with van der Waals surface area (Å²) < 4.78 is 0. The molecule has 5 N–H and O–H groups in total. The Bertz CT molecular complexity index is 704. The molecule has 2 aromatic carbocycles. The van der Waals surface area contributed by atoms with Crippen LogP contribution in [0, 0.1) is 0 Å². The Morgan fingerprint density at radius 3 is 2.04 bits per heavy atom. The maximum atomic E-state index is 12.0. The molecule has 0 saturated heterocycles. The number of rotatable bonds is 5. The Hall–Kier alpha value is -3.35. The lowest BCUT2D eigenvalue weighted by Gasteiger charge is -2.17. The van der Waals surface area contributed by atoms with Crippen LogP contribution in [-0.4, -0.2) is 17.8 Å². The van der Waals surface area contributed by atoms with Crippen molar-refractivity contribution in [2.75, 3.05) is 0 Å². The third kappa shape index (κ3) is 5.13. The molecule has 0 saturated carbocycles. The van der Waals surface area contributed by atoms with Gasteiger partial charge in [-0.05, 0) is 17.7 Å². The van der Waals surface area contributed by atoms with Crippen molar-refractivity contribution in [3.63, 3.8) is 0 Å². The summed E-state index contributed by atoms with van der Waals surface area (Å²) in [5.41, 5.74) is 11.0. The zero-order chi connectivity index (χ0) is 17.4. The van der Waals surface area contributed by atoms with Crippen molar-refractivity contribution >= 4 is 17.8 Å². The van der Waals surface area contributed by atoms with Crippen LogP contribution < -0.4 is 21.9 Å². The fraction of sp³-hybridized carbons (Fsp3) is 0.118. The van der Waals surface area contributed by atoms with E-state index in [4.69, 9.17) is 5.73 Å². The third-order valence-electron chi connectivity index (χ3n) is 3.26. The third-order valence-corrected chi connectivity index (χ3v) is 3.26. The maximum absolute atomic E-state index is 12.0. The zero-order valence-corrected chi connectivity index (χ0v) is 12.9. The largest absolute Gasteiger partial charge is 0.352 e. The van der Waals surface area contributed by atoms with Crippen molar-refractivity contribution in [3.05, 3.63) is 71.8 Å². The van der Waals surface area contributed by atoms with Crippen LogP contribution in [0.15, 0.2) is 60.7 Å². The van der Waals surface area contributed by atoms with Crippen LogP contribution in [0.5, 0.6) is 0 Å². The Morgan fingerprint density at radius 1 is 0.875 bits per heavy atom. The Morgan fingerprint density at radius 2 is 1.46 bits per heavy atom. The molecule has 4 amide bonds. The molecule has 0 unspecified atom stereocenters. The summed E-state index contributed by atoms with van der Waals surface area (Å²) >= 11 is 0. The standard InChI is InChI=1S/C17H18N4O3/c18-17(24)19-14(12-7-3-1-4-8-12)11-15(22)20-21-16(23)13-9-5-2-6-10-13/h1-10,14H,11H2,(H,20,22)(H,21,23)(H3,18,19,24)/t14-/m1/s1. The molecule has 7 heteroatoms. The van der Waals surface area contributed by atoms with Crippen molar-refractivity contribution < 1.29 is 14.4 Å². The second-order valence-corrected chi connectivity index (χ2v) is 5.04. The van der Waals surface area contributed by atoms with Crippen LogP contribution in [0.3, 0.4) is 0 Å². The van der Waals surface area contributed by atoms with Gasteiger partial charge in [-0.15, -0.1) is 0 Å². The number of amides is 4. The predicted molar refractivity (Wildman–Crippen MR) is 88.6 cm³/mol. The van der Waals surface area contributed by atoms with E-state index in [1.165, 1.54) is 0 Å². The van der Waals surface area contributed by atoms with E-state index in [0.29, 0.717) is 5.56 Å². The molecule has 24 heavy (non-hydrogen) atoms. The van der Waals surface area contributed by atoms with Gasteiger partial charge in [0.1, 0.15) is 0 Å². The van der Waals surface area contributed by atoms with Crippen molar-refractivity contribution in [1.29, 1.82) is 0 Å².